The number of hydrogen-bond donors (Lipinski definition) is 0. The number of amides is 1. The number of carbonyl (C=O) groups is 1. The van der Waals surface area contributed by atoms with Gasteiger partial charge in [0.05, 0.1) is 18.1 Å². The molecule has 0 aromatic heterocycles. The van der Waals surface area contributed by atoms with E-state index in [1.54, 1.807) is 0 Å². The van der Waals surface area contributed by atoms with Gasteiger partial charge in [-0.15, -0.1) is 11.6 Å². The lowest BCUT2D eigenvalue weighted by Crippen LogP contribution is -2.48. The summed E-state index contributed by atoms with van der Waals surface area (Å²) < 4.78 is 5.84. The van der Waals surface area contributed by atoms with Gasteiger partial charge in [0.15, 0.2) is 0 Å². The summed E-state index contributed by atoms with van der Waals surface area (Å²) in [6.07, 6.45) is 6.23. The predicted octanol–water partition coefficient (Wildman–Crippen LogP) is 3.45. The summed E-state index contributed by atoms with van der Waals surface area (Å²) >= 11 is 5.94. The molecule has 4 atom stereocenters. The van der Waals surface area contributed by atoms with Crippen LogP contribution in [0.1, 0.15) is 52.9 Å². The van der Waals surface area contributed by atoms with Gasteiger partial charge < -0.3 is 9.64 Å². The van der Waals surface area contributed by atoms with Crippen molar-refractivity contribution in [3.63, 3.8) is 0 Å². The number of carbonyl (C=O) groups excluding carboxylic acids is 1. The van der Waals surface area contributed by atoms with Gasteiger partial charge in [0.1, 0.15) is 0 Å². The fourth-order valence-corrected chi connectivity index (χ4v) is 4.02. The van der Waals surface area contributed by atoms with Crippen molar-refractivity contribution in [2.45, 2.75) is 71.1 Å². The second-order valence-electron chi connectivity index (χ2n) is 6.44. The van der Waals surface area contributed by atoms with Gasteiger partial charge in [0.25, 0.3) is 0 Å². The molecule has 1 aliphatic heterocycles. The van der Waals surface area contributed by atoms with Crippen LogP contribution in [0.25, 0.3) is 0 Å². The summed E-state index contributed by atoms with van der Waals surface area (Å²) in [4.78, 5) is 15.0. The van der Waals surface area contributed by atoms with Gasteiger partial charge in [-0.05, 0) is 32.6 Å². The van der Waals surface area contributed by atoms with Gasteiger partial charge in [-0.1, -0.05) is 26.2 Å². The molecule has 2 rings (SSSR count). The Balaban J connectivity index is 2.09. The van der Waals surface area contributed by atoms with E-state index in [9.17, 15) is 4.79 Å². The number of alkyl halides is 1. The van der Waals surface area contributed by atoms with E-state index in [1.165, 1.54) is 19.3 Å². The summed E-state index contributed by atoms with van der Waals surface area (Å²) in [5.41, 5.74) is 0. The second kappa shape index (κ2) is 7.13. The number of hydrogen-bond acceptors (Lipinski definition) is 2. The molecule has 1 amide bonds. The molecule has 2 aliphatic rings. The molecule has 0 aromatic carbocycles. The quantitative estimate of drug-likeness (QED) is 0.744. The van der Waals surface area contributed by atoms with E-state index in [-0.39, 0.29) is 24.0 Å². The molecule has 0 aromatic rings. The molecule has 4 heteroatoms. The summed E-state index contributed by atoms with van der Waals surface area (Å²) in [6.45, 7) is 6.91. The Bertz CT molecular complexity index is 330. The SMILES string of the molecule is CC1OC(C)C(C(=O)N(CCCl)C2CCCCC2)C1C. The first-order chi connectivity index (χ1) is 9.56. The average Bonchev–Trinajstić information content (AvgIpc) is 2.70. The summed E-state index contributed by atoms with van der Waals surface area (Å²) in [5, 5.41) is 0. The van der Waals surface area contributed by atoms with E-state index in [2.05, 4.69) is 18.7 Å². The van der Waals surface area contributed by atoms with Crippen molar-refractivity contribution in [1.29, 1.82) is 0 Å². The first kappa shape index (κ1) is 16.1. The lowest BCUT2D eigenvalue weighted by atomic mass is 9.86. The van der Waals surface area contributed by atoms with Crippen LogP contribution in [-0.4, -0.2) is 41.5 Å². The maximum atomic E-state index is 13.0. The Kier molecular flexibility index (Phi) is 5.74. The normalized spacial score (nSPS) is 35.2. The number of ether oxygens (including phenoxy) is 1. The molecule has 1 saturated carbocycles. The van der Waals surface area contributed by atoms with E-state index in [0.717, 1.165) is 12.8 Å². The van der Waals surface area contributed by atoms with Crippen molar-refractivity contribution < 1.29 is 9.53 Å². The van der Waals surface area contributed by atoms with Crippen molar-refractivity contribution in [3.8, 4) is 0 Å². The maximum Gasteiger partial charge on any atom is 0.228 e. The first-order valence-corrected chi connectivity index (χ1v) is 8.61. The molecule has 0 N–H and O–H groups in total. The van der Waals surface area contributed by atoms with E-state index in [1.807, 2.05) is 6.92 Å². The average molecular weight is 302 g/mol. The molecule has 3 nitrogen and oxygen atoms in total. The summed E-state index contributed by atoms with van der Waals surface area (Å²) in [5.74, 6) is 1.07. The molecule has 0 spiro atoms. The molecule has 1 aliphatic carbocycles. The molecular weight excluding hydrogens is 274 g/mol. The van der Waals surface area contributed by atoms with E-state index in [4.69, 9.17) is 16.3 Å². The highest BCUT2D eigenvalue weighted by molar-refractivity contribution is 6.18. The zero-order chi connectivity index (χ0) is 14.7. The minimum absolute atomic E-state index is 0.00450. The van der Waals surface area contributed by atoms with Crippen LogP contribution in [-0.2, 0) is 9.53 Å². The zero-order valence-electron chi connectivity index (χ0n) is 13.0. The Morgan fingerprint density at radius 1 is 1.15 bits per heavy atom. The van der Waals surface area contributed by atoms with Crippen LogP contribution in [0.4, 0.5) is 0 Å². The molecule has 4 unspecified atom stereocenters. The van der Waals surface area contributed by atoms with Crippen LogP contribution in [0, 0.1) is 11.8 Å². The summed E-state index contributed by atoms with van der Waals surface area (Å²) in [6, 6.07) is 0.394. The minimum Gasteiger partial charge on any atom is -0.374 e. The fourth-order valence-electron chi connectivity index (χ4n) is 3.84. The molecule has 116 valence electrons. The highest BCUT2D eigenvalue weighted by Gasteiger charge is 2.44. The molecule has 0 radical (unpaired) electrons. The van der Waals surface area contributed by atoms with E-state index in [0.29, 0.717) is 24.4 Å². The lowest BCUT2D eigenvalue weighted by Gasteiger charge is -2.37. The van der Waals surface area contributed by atoms with E-state index < -0.39 is 0 Å². The molecule has 1 heterocycles. The Morgan fingerprint density at radius 3 is 2.30 bits per heavy atom. The molecule has 2 fully saturated rings. The van der Waals surface area contributed by atoms with Crippen LogP contribution in [0.5, 0.6) is 0 Å². The van der Waals surface area contributed by atoms with Gasteiger partial charge in [0, 0.05) is 18.5 Å². The van der Waals surface area contributed by atoms with Gasteiger partial charge in [-0.2, -0.15) is 0 Å². The number of nitrogens with zero attached hydrogens (tertiary/aromatic N) is 1. The topological polar surface area (TPSA) is 29.5 Å². The largest absolute Gasteiger partial charge is 0.374 e. The molecular formula is C16H28ClNO2. The zero-order valence-corrected chi connectivity index (χ0v) is 13.7. The monoisotopic (exact) mass is 301 g/mol. The third-order valence-corrected chi connectivity index (χ3v) is 5.32. The van der Waals surface area contributed by atoms with Crippen molar-refractivity contribution in [2.24, 2.45) is 11.8 Å². The minimum atomic E-state index is -0.00450. The van der Waals surface area contributed by atoms with Gasteiger partial charge in [-0.3, -0.25) is 4.79 Å². The van der Waals surface area contributed by atoms with Crippen LogP contribution < -0.4 is 0 Å². The number of halogens is 1. The Labute approximate surface area is 128 Å². The van der Waals surface area contributed by atoms with E-state index >= 15 is 0 Å². The van der Waals surface area contributed by atoms with Crippen molar-refractivity contribution in [3.05, 3.63) is 0 Å². The van der Waals surface area contributed by atoms with Crippen molar-refractivity contribution in [2.75, 3.05) is 12.4 Å². The lowest BCUT2D eigenvalue weighted by molar-refractivity contribution is -0.140. The molecule has 20 heavy (non-hydrogen) atoms. The third kappa shape index (κ3) is 3.30. The Morgan fingerprint density at radius 2 is 1.80 bits per heavy atom. The maximum absolute atomic E-state index is 13.0. The molecule has 1 saturated heterocycles. The Hall–Kier alpha value is -0.280. The first-order valence-electron chi connectivity index (χ1n) is 8.08. The third-order valence-electron chi connectivity index (χ3n) is 5.15. The van der Waals surface area contributed by atoms with Crippen molar-refractivity contribution in [1.82, 2.24) is 4.90 Å². The predicted molar refractivity (Wildman–Crippen MR) is 82.0 cm³/mol. The fraction of sp³-hybridized carbons (Fsp3) is 0.938. The van der Waals surface area contributed by atoms with Gasteiger partial charge >= 0.3 is 0 Å². The smallest absolute Gasteiger partial charge is 0.228 e. The van der Waals surface area contributed by atoms with Crippen molar-refractivity contribution >= 4 is 17.5 Å². The van der Waals surface area contributed by atoms with Gasteiger partial charge in [0.2, 0.25) is 5.91 Å². The van der Waals surface area contributed by atoms with Gasteiger partial charge in [-0.25, -0.2) is 0 Å². The highest BCUT2D eigenvalue weighted by Crippen LogP contribution is 2.35. The van der Waals surface area contributed by atoms with Crippen LogP contribution in [0.3, 0.4) is 0 Å². The van der Waals surface area contributed by atoms with Crippen LogP contribution in [0.2, 0.25) is 0 Å². The molecule has 0 bridgehead atoms. The standard InChI is InChI=1S/C16H28ClNO2/c1-11-12(2)20-13(3)15(11)16(19)18(10-9-17)14-7-5-4-6-8-14/h11-15H,4-10H2,1-3H3. The van der Waals surface area contributed by atoms with Crippen LogP contribution >= 0.6 is 11.6 Å². The summed E-state index contributed by atoms with van der Waals surface area (Å²) in [7, 11) is 0. The van der Waals surface area contributed by atoms with Crippen LogP contribution in [0.15, 0.2) is 0 Å². The number of rotatable bonds is 4. The second-order valence-corrected chi connectivity index (χ2v) is 6.82. The highest BCUT2D eigenvalue weighted by atomic mass is 35.5.